The van der Waals surface area contributed by atoms with E-state index >= 15 is 0 Å². The standard InChI is InChI=1S/C16H12F2N6O/c17-13-7-6-11(8-14(13)18)9-19-20-15(25)10-24-22-16(21-23-24)12-4-2-1-3-5-12/h1-9H,10H2,(H,20,25). The van der Waals surface area contributed by atoms with Crippen molar-refractivity contribution in [2.75, 3.05) is 0 Å². The van der Waals surface area contributed by atoms with Gasteiger partial charge in [0.05, 0.1) is 6.21 Å². The second kappa shape index (κ2) is 7.39. The predicted octanol–water partition coefficient (Wildman–Crippen LogP) is 1.77. The molecular weight excluding hydrogens is 330 g/mol. The van der Waals surface area contributed by atoms with E-state index in [1.54, 1.807) is 0 Å². The molecule has 1 amide bonds. The highest BCUT2D eigenvalue weighted by atomic mass is 19.2. The van der Waals surface area contributed by atoms with Crippen molar-refractivity contribution >= 4 is 12.1 Å². The number of hydrogen-bond donors (Lipinski definition) is 1. The van der Waals surface area contributed by atoms with E-state index in [4.69, 9.17) is 0 Å². The Morgan fingerprint density at radius 1 is 1.16 bits per heavy atom. The van der Waals surface area contributed by atoms with Crippen LogP contribution in [-0.2, 0) is 11.3 Å². The molecule has 0 aliphatic carbocycles. The minimum absolute atomic E-state index is 0.186. The Bertz CT molecular complexity index is 910. The molecule has 0 aliphatic rings. The zero-order valence-electron chi connectivity index (χ0n) is 12.8. The minimum Gasteiger partial charge on any atom is -0.271 e. The summed E-state index contributed by atoms with van der Waals surface area (Å²) in [5.74, 6) is -2.03. The van der Waals surface area contributed by atoms with Crippen LogP contribution in [0.2, 0.25) is 0 Å². The maximum absolute atomic E-state index is 13.0. The molecule has 3 aromatic rings. The fourth-order valence-corrected chi connectivity index (χ4v) is 1.95. The number of tetrazole rings is 1. The van der Waals surface area contributed by atoms with E-state index in [1.807, 2.05) is 30.3 Å². The van der Waals surface area contributed by atoms with Crippen molar-refractivity contribution in [3.63, 3.8) is 0 Å². The first-order valence-corrected chi connectivity index (χ1v) is 7.22. The van der Waals surface area contributed by atoms with Crippen molar-refractivity contribution in [1.82, 2.24) is 25.6 Å². The summed E-state index contributed by atoms with van der Waals surface area (Å²) in [6.45, 7) is -0.186. The van der Waals surface area contributed by atoms with E-state index < -0.39 is 17.5 Å². The molecule has 0 radical (unpaired) electrons. The molecule has 0 spiro atoms. The van der Waals surface area contributed by atoms with Gasteiger partial charge in [0.15, 0.2) is 11.6 Å². The number of carbonyl (C=O) groups excluding carboxylic acids is 1. The quantitative estimate of drug-likeness (QED) is 0.566. The summed E-state index contributed by atoms with van der Waals surface area (Å²) in [6, 6.07) is 12.5. The second-order valence-electron chi connectivity index (χ2n) is 4.98. The van der Waals surface area contributed by atoms with E-state index in [0.29, 0.717) is 11.4 Å². The number of hydrazone groups is 1. The van der Waals surface area contributed by atoms with Crippen molar-refractivity contribution in [2.45, 2.75) is 6.54 Å². The minimum atomic E-state index is -0.990. The molecule has 0 atom stereocenters. The smallest absolute Gasteiger partial charge is 0.263 e. The first-order chi connectivity index (χ1) is 12.1. The maximum Gasteiger partial charge on any atom is 0.263 e. The van der Waals surface area contributed by atoms with Gasteiger partial charge in [-0.15, -0.1) is 10.2 Å². The zero-order valence-corrected chi connectivity index (χ0v) is 12.8. The SMILES string of the molecule is O=C(Cn1nnc(-c2ccccc2)n1)NN=Cc1ccc(F)c(F)c1. The van der Waals surface area contributed by atoms with Crippen LogP contribution in [0.3, 0.4) is 0 Å². The van der Waals surface area contributed by atoms with Crippen LogP contribution in [0.4, 0.5) is 8.78 Å². The van der Waals surface area contributed by atoms with Gasteiger partial charge in [-0.3, -0.25) is 4.79 Å². The van der Waals surface area contributed by atoms with Gasteiger partial charge >= 0.3 is 0 Å². The number of nitrogens with zero attached hydrogens (tertiary/aromatic N) is 5. The molecule has 9 heteroatoms. The Labute approximate surface area is 141 Å². The molecule has 25 heavy (non-hydrogen) atoms. The molecule has 0 bridgehead atoms. The van der Waals surface area contributed by atoms with Crippen molar-refractivity contribution < 1.29 is 13.6 Å². The third kappa shape index (κ3) is 4.28. The normalized spacial score (nSPS) is 11.0. The van der Waals surface area contributed by atoms with Crippen LogP contribution in [-0.4, -0.2) is 32.3 Å². The molecule has 1 aromatic heterocycles. The number of amides is 1. The van der Waals surface area contributed by atoms with Crippen molar-refractivity contribution in [1.29, 1.82) is 0 Å². The Balaban J connectivity index is 1.57. The van der Waals surface area contributed by atoms with Gasteiger partial charge in [-0.1, -0.05) is 36.4 Å². The van der Waals surface area contributed by atoms with Crippen LogP contribution in [0, 0.1) is 11.6 Å². The van der Waals surface area contributed by atoms with Gasteiger partial charge < -0.3 is 0 Å². The zero-order chi connectivity index (χ0) is 17.6. The number of benzene rings is 2. The lowest BCUT2D eigenvalue weighted by Crippen LogP contribution is -2.24. The molecule has 126 valence electrons. The van der Waals surface area contributed by atoms with E-state index in [-0.39, 0.29) is 6.54 Å². The number of nitrogens with one attached hydrogen (secondary N) is 1. The summed E-state index contributed by atoms with van der Waals surface area (Å²) >= 11 is 0. The van der Waals surface area contributed by atoms with Crippen molar-refractivity contribution in [3.8, 4) is 11.4 Å². The van der Waals surface area contributed by atoms with E-state index in [1.165, 1.54) is 12.3 Å². The monoisotopic (exact) mass is 342 g/mol. The summed E-state index contributed by atoms with van der Waals surface area (Å²) in [7, 11) is 0. The molecule has 1 N–H and O–H groups in total. The molecule has 1 heterocycles. The third-order valence-corrected chi connectivity index (χ3v) is 3.12. The number of carbonyl (C=O) groups is 1. The molecule has 0 unspecified atom stereocenters. The highest BCUT2D eigenvalue weighted by Gasteiger charge is 2.08. The van der Waals surface area contributed by atoms with Crippen LogP contribution < -0.4 is 5.43 Å². The number of rotatable bonds is 5. The molecule has 7 nitrogen and oxygen atoms in total. The third-order valence-electron chi connectivity index (χ3n) is 3.12. The second-order valence-corrected chi connectivity index (χ2v) is 4.98. The topological polar surface area (TPSA) is 85.1 Å². The Morgan fingerprint density at radius 3 is 2.72 bits per heavy atom. The van der Waals surface area contributed by atoms with Gasteiger partial charge in [0, 0.05) is 5.56 Å². The number of hydrogen-bond acceptors (Lipinski definition) is 5. The Hall–Kier alpha value is -3.49. The fraction of sp³-hybridized carbons (Fsp3) is 0.0625. The molecule has 3 rings (SSSR count). The molecule has 0 aliphatic heterocycles. The maximum atomic E-state index is 13.0. The lowest BCUT2D eigenvalue weighted by molar-refractivity contribution is -0.122. The van der Waals surface area contributed by atoms with Gasteiger partial charge in [-0.05, 0) is 22.9 Å². The van der Waals surface area contributed by atoms with Crippen molar-refractivity contribution in [3.05, 3.63) is 65.7 Å². The lowest BCUT2D eigenvalue weighted by Gasteiger charge is -1.98. The highest BCUT2D eigenvalue weighted by molar-refractivity contribution is 5.82. The fourth-order valence-electron chi connectivity index (χ4n) is 1.95. The van der Waals surface area contributed by atoms with Gasteiger partial charge in [0.25, 0.3) is 5.91 Å². The summed E-state index contributed by atoms with van der Waals surface area (Å²) < 4.78 is 25.8. The van der Waals surface area contributed by atoms with Crippen molar-refractivity contribution in [2.24, 2.45) is 5.10 Å². The molecule has 2 aromatic carbocycles. The van der Waals surface area contributed by atoms with Crippen LogP contribution in [0.1, 0.15) is 5.56 Å². The summed E-state index contributed by atoms with van der Waals surface area (Å²) in [6.07, 6.45) is 1.20. The van der Waals surface area contributed by atoms with Crippen LogP contribution in [0.15, 0.2) is 53.6 Å². The molecular formula is C16H12F2N6O. The van der Waals surface area contributed by atoms with Gasteiger partial charge in [0.1, 0.15) is 6.54 Å². The Morgan fingerprint density at radius 2 is 1.96 bits per heavy atom. The van der Waals surface area contributed by atoms with Crippen LogP contribution in [0.25, 0.3) is 11.4 Å². The number of aromatic nitrogens is 4. The van der Waals surface area contributed by atoms with Gasteiger partial charge in [0.2, 0.25) is 5.82 Å². The van der Waals surface area contributed by atoms with E-state index in [9.17, 15) is 13.6 Å². The summed E-state index contributed by atoms with van der Waals surface area (Å²) in [5, 5.41) is 15.4. The largest absolute Gasteiger partial charge is 0.271 e. The first kappa shape index (κ1) is 16.4. The molecule has 0 fully saturated rings. The van der Waals surface area contributed by atoms with Gasteiger partial charge in [-0.2, -0.15) is 9.90 Å². The van der Waals surface area contributed by atoms with Gasteiger partial charge in [-0.25, -0.2) is 14.2 Å². The average Bonchev–Trinajstić information content (AvgIpc) is 3.07. The summed E-state index contributed by atoms with van der Waals surface area (Å²) in [5.41, 5.74) is 3.34. The summed E-state index contributed by atoms with van der Waals surface area (Å²) in [4.78, 5) is 12.9. The predicted molar refractivity (Wildman–Crippen MR) is 85.3 cm³/mol. The Kier molecular flexibility index (Phi) is 4.84. The highest BCUT2D eigenvalue weighted by Crippen LogP contribution is 2.11. The van der Waals surface area contributed by atoms with Crippen LogP contribution >= 0.6 is 0 Å². The molecule has 0 saturated carbocycles. The average molecular weight is 342 g/mol. The van der Waals surface area contributed by atoms with Crippen LogP contribution in [0.5, 0.6) is 0 Å². The van der Waals surface area contributed by atoms with E-state index in [0.717, 1.165) is 22.5 Å². The molecule has 0 saturated heterocycles. The first-order valence-electron chi connectivity index (χ1n) is 7.22. The number of halogens is 2. The van der Waals surface area contributed by atoms with E-state index in [2.05, 4.69) is 25.9 Å². The lowest BCUT2D eigenvalue weighted by atomic mass is 10.2.